The lowest BCUT2D eigenvalue weighted by Crippen LogP contribution is -2.14. The van der Waals surface area contributed by atoms with Crippen LogP contribution in [-0.2, 0) is 6.54 Å². The summed E-state index contributed by atoms with van der Waals surface area (Å²) in [6, 6.07) is 6.51. The minimum absolute atomic E-state index is 0.239. The summed E-state index contributed by atoms with van der Waals surface area (Å²) in [6.07, 6.45) is 2.24. The lowest BCUT2D eigenvalue weighted by molar-refractivity contribution is 0.626. The standard InChI is InChI=1S/C15H18FN5/c1-9-13(18-8-10-3-2-4-12(16)7-10)19-15(11-5-6-11)20-14(9)21-17/h2-4,7,11H,5-6,8,17H2,1H3,(H2,18,19,20,21). The van der Waals surface area contributed by atoms with Crippen molar-refractivity contribution in [3.8, 4) is 0 Å². The van der Waals surface area contributed by atoms with Gasteiger partial charge in [-0.25, -0.2) is 20.2 Å². The second-order valence-corrected chi connectivity index (χ2v) is 5.31. The fourth-order valence-corrected chi connectivity index (χ4v) is 2.20. The van der Waals surface area contributed by atoms with Crippen LogP contribution >= 0.6 is 0 Å². The number of anilines is 2. The molecule has 1 aliphatic carbocycles. The second-order valence-electron chi connectivity index (χ2n) is 5.31. The van der Waals surface area contributed by atoms with Gasteiger partial charge in [0, 0.05) is 18.0 Å². The number of halogens is 1. The van der Waals surface area contributed by atoms with Crippen LogP contribution in [-0.4, -0.2) is 9.97 Å². The summed E-state index contributed by atoms with van der Waals surface area (Å²) in [5.41, 5.74) is 4.34. The molecule has 110 valence electrons. The van der Waals surface area contributed by atoms with Gasteiger partial charge in [-0.15, -0.1) is 0 Å². The number of rotatable bonds is 5. The maximum atomic E-state index is 13.2. The Balaban J connectivity index is 1.82. The molecule has 1 aliphatic rings. The van der Waals surface area contributed by atoms with Crippen LogP contribution in [0.25, 0.3) is 0 Å². The molecule has 0 amide bonds. The zero-order valence-electron chi connectivity index (χ0n) is 11.9. The maximum absolute atomic E-state index is 13.2. The van der Waals surface area contributed by atoms with Crippen LogP contribution in [0, 0.1) is 12.7 Å². The van der Waals surface area contributed by atoms with Crippen LogP contribution < -0.4 is 16.6 Å². The highest BCUT2D eigenvalue weighted by atomic mass is 19.1. The number of nitrogens with zero attached hydrogens (tertiary/aromatic N) is 2. The summed E-state index contributed by atoms with van der Waals surface area (Å²) >= 11 is 0. The van der Waals surface area contributed by atoms with Gasteiger partial charge >= 0.3 is 0 Å². The molecule has 3 rings (SSSR count). The van der Waals surface area contributed by atoms with Gasteiger partial charge in [0.15, 0.2) is 0 Å². The second kappa shape index (κ2) is 5.65. The van der Waals surface area contributed by atoms with Crippen molar-refractivity contribution in [2.75, 3.05) is 10.7 Å². The molecule has 0 spiro atoms. The zero-order valence-corrected chi connectivity index (χ0v) is 11.9. The van der Waals surface area contributed by atoms with Crippen molar-refractivity contribution in [1.29, 1.82) is 0 Å². The van der Waals surface area contributed by atoms with Gasteiger partial charge in [-0.1, -0.05) is 12.1 Å². The zero-order chi connectivity index (χ0) is 14.8. The van der Waals surface area contributed by atoms with E-state index in [1.54, 1.807) is 6.07 Å². The fraction of sp³-hybridized carbons (Fsp3) is 0.333. The predicted octanol–water partition coefficient (Wildman–Crippen LogP) is 2.70. The molecule has 0 bridgehead atoms. The number of nitrogens with two attached hydrogens (primary N) is 1. The highest BCUT2D eigenvalue weighted by Gasteiger charge is 2.28. The van der Waals surface area contributed by atoms with Crippen molar-refractivity contribution in [2.45, 2.75) is 32.2 Å². The average Bonchev–Trinajstić information content (AvgIpc) is 3.31. The molecule has 0 radical (unpaired) electrons. The smallest absolute Gasteiger partial charge is 0.148 e. The molecule has 1 aromatic heterocycles. The fourth-order valence-electron chi connectivity index (χ4n) is 2.20. The molecule has 0 saturated heterocycles. The minimum atomic E-state index is -0.239. The Kier molecular flexibility index (Phi) is 3.70. The van der Waals surface area contributed by atoms with Gasteiger partial charge in [0.05, 0.1) is 0 Å². The van der Waals surface area contributed by atoms with Crippen molar-refractivity contribution in [3.63, 3.8) is 0 Å². The molecule has 1 heterocycles. The third kappa shape index (κ3) is 3.11. The van der Waals surface area contributed by atoms with Gasteiger partial charge in [0.25, 0.3) is 0 Å². The van der Waals surface area contributed by atoms with Crippen molar-refractivity contribution in [1.82, 2.24) is 9.97 Å². The summed E-state index contributed by atoms with van der Waals surface area (Å²) in [5.74, 6) is 7.90. The highest BCUT2D eigenvalue weighted by molar-refractivity contribution is 5.57. The molecule has 21 heavy (non-hydrogen) atoms. The van der Waals surface area contributed by atoms with E-state index in [9.17, 15) is 4.39 Å². The number of hydrazine groups is 1. The van der Waals surface area contributed by atoms with E-state index in [0.717, 1.165) is 35.6 Å². The molecule has 1 aromatic carbocycles. The third-order valence-electron chi connectivity index (χ3n) is 3.59. The first-order chi connectivity index (χ1) is 10.2. The minimum Gasteiger partial charge on any atom is -0.366 e. The van der Waals surface area contributed by atoms with E-state index in [0.29, 0.717) is 18.3 Å². The summed E-state index contributed by atoms with van der Waals surface area (Å²) in [6.45, 7) is 2.41. The number of nitrogens with one attached hydrogen (secondary N) is 2. The molecule has 5 nitrogen and oxygen atoms in total. The van der Waals surface area contributed by atoms with Crippen molar-refractivity contribution >= 4 is 11.6 Å². The number of benzene rings is 1. The monoisotopic (exact) mass is 287 g/mol. The maximum Gasteiger partial charge on any atom is 0.148 e. The largest absolute Gasteiger partial charge is 0.366 e. The molecule has 1 saturated carbocycles. The molecule has 1 fully saturated rings. The first kappa shape index (κ1) is 13.8. The Morgan fingerprint density at radius 2 is 2.05 bits per heavy atom. The van der Waals surface area contributed by atoms with Crippen LogP contribution in [0.3, 0.4) is 0 Å². The summed E-state index contributed by atoms with van der Waals surface area (Å²) in [5, 5.41) is 3.24. The van der Waals surface area contributed by atoms with E-state index in [1.807, 2.05) is 13.0 Å². The van der Waals surface area contributed by atoms with Crippen molar-refractivity contribution in [3.05, 3.63) is 47.0 Å². The Hall–Kier alpha value is -2.21. The molecule has 0 aliphatic heterocycles. The van der Waals surface area contributed by atoms with Gasteiger partial charge < -0.3 is 10.7 Å². The molecular formula is C15H18FN5. The van der Waals surface area contributed by atoms with E-state index in [4.69, 9.17) is 5.84 Å². The predicted molar refractivity (Wildman–Crippen MR) is 80.3 cm³/mol. The van der Waals surface area contributed by atoms with Crippen LogP contribution in [0.2, 0.25) is 0 Å². The van der Waals surface area contributed by atoms with Gasteiger partial charge in [0.2, 0.25) is 0 Å². The number of hydrogen-bond acceptors (Lipinski definition) is 5. The highest BCUT2D eigenvalue weighted by Crippen LogP contribution is 2.39. The van der Waals surface area contributed by atoms with Gasteiger partial charge in [-0.2, -0.15) is 0 Å². The molecule has 6 heteroatoms. The van der Waals surface area contributed by atoms with Crippen molar-refractivity contribution in [2.24, 2.45) is 5.84 Å². The van der Waals surface area contributed by atoms with Crippen LogP contribution in [0.4, 0.5) is 16.0 Å². The molecule has 2 aromatic rings. The molecule has 0 atom stereocenters. The van der Waals surface area contributed by atoms with Crippen LogP contribution in [0.15, 0.2) is 24.3 Å². The first-order valence-electron chi connectivity index (χ1n) is 7.01. The van der Waals surface area contributed by atoms with Gasteiger partial charge in [0.1, 0.15) is 23.3 Å². The topological polar surface area (TPSA) is 75.9 Å². The Bertz CT molecular complexity index is 655. The molecule has 4 N–H and O–H groups in total. The average molecular weight is 287 g/mol. The normalized spacial score (nSPS) is 14.0. The molecular weight excluding hydrogens is 269 g/mol. The summed E-state index contributed by atoms with van der Waals surface area (Å²) < 4.78 is 13.2. The Morgan fingerprint density at radius 1 is 1.29 bits per heavy atom. The lowest BCUT2D eigenvalue weighted by atomic mass is 10.2. The van der Waals surface area contributed by atoms with Crippen LogP contribution in [0.1, 0.15) is 35.7 Å². The quantitative estimate of drug-likeness (QED) is 0.582. The molecule has 0 unspecified atom stereocenters. The van der Waals surface area contributed by atoms with Gasteiger partial charge in [-0.05, 0) is 37.5 Å². The summed E-state index contributed by atoms with van der Waals surface area (Å²) in [4.78, 5) is 9.00. The van der Waals surface area contributed by atoms with E-state index in [1.165, 1.54) is 12.1 Å². The Morgan fingerprint density at radius 3 is 2.71 bits per heavy atom. The number of nitrogen functional groups attached to an aromatic ring is 1. The third-order valence-corrected chi connectivity index (χ3v) is 3.59. The Labute approximate surface area is 122 Å². The SMILES string of the molecule is Cc1c(NN)nc(C2CC2)nc1NCc1cccc(F)c1. The van der Waals surface area contributed by atoms with E-state index in [-0.39, 0.29) is 5.82 Å². The summed E-state index contributed by atoms with van der Waals surface area (Å²) in [7, 11) is 0. The first-order valence-corrected chi connectivity index (χ1v) is 7.01. The number of aromatic nitrogens is 2. The van der Waals surface area contributed by atoms with Crippen molar-refractivity contribution < 1.29 is 4.39 Å². The van der Waals surface area contributed by atoms with Crippen LogP contribution in [0.5, 0.6) is 0 Å². The van der Waals surface area contributed by atoms with E-state index in [2.05, 4.69) is 20.7 Å². The van der Waals surface area contributed by atoms with Gasteiger partial charge in [-0.3, -0.25) is 0 Å². The van der Waals surface area contributed by atoms with E-state index >= 15 is 0 Å². The number of hydrogen-bond donors (Lipinski definition) is 3. The lowest BCUT2D eigenvalue weighted by Gasteiger charge is -2.13. The van der Waals surface area contributed by atoms with E-state index < -0.39 is 0 Å².